The molecule has 0 amide bonds. The summed E-state index contributed by atoms with van der Waals surface area (Å²) in [7, 11) is 0. The number of anilines is 1. The van der Waals surface area contributed by atoms with E-state index in [1.54, 1.807) is 0 Å². The van der Waals surface area contributed by atoms with Crippen LogP contribution in [0.1, 0.15) is 44.1 Å². The number of benzene rings is 1. The van der Waals surface area contributed by atoms with Gasteiger partial charge in [0, 0.05) is 31.9 Å². The van der Waals surface area contributed by atoms with E-state index < -0.39 is 5.60 Å². The average molecular weight is 318 g/mol. The van der Waals surface area contributed by atoms with Gasteiger partial charge in [-0.1, -0.05) is 43.9 Å². The van der Waals surface area contributed by atoms with Gasteiger partial charge in [-0.05, 0) is 24.5 Å². The lowest BCUT2D eigenvalue weighted by atomic mass is 9.94. The average Bonchev–Trinajstić information content (AvgIpc) is 2.81. The number of aliphatic hydroxyl groups is 1. The Morgan fingerprint density at radius 1 is 1.04 bits per heavy atom. The second-order valence-electron chi connectivity index (χ2n) is 6.97. The Bertz CT molecular complexity index is 478. The standard InChI is InChI=1S/C19H30N2O2/c22-19(9-5-1-2-6-10-19)16-20-15-17-7-3-4-8-18(17)21-11-13-23-14-12-21/h3-4,7-8,20,22H,1-2,5-6,9-16H2. The predicted octanol–water partition coefficient (Wildman–Crippen LogP) is 2.70. The molecule has 0 radical (unpaired) electrons. The molecule has 4 nitrogen and oxygen atoms in total. The van der Waals surface area contributed by atoms with Crippen LogP contribution in [0.15, 0.2) is 24.3 Å². The minimum absolute atomic E-state index is 0.510. The molecule has 0 bridgehead atoms. The van der Waals surface area contributed by atoms with Crippen molar-refractivity contribution in [3.05, 3.63) is 29.8 Å². The topological polar surface area (TPSA) is 44.7 Å². The fourth-order valence-corrected chi connectivity index (χ4v) is 3.77. The van der Waals surface area contributed by atoms with Crippen molar-refractivity contribution in [1.82, 2.24) is 5.32 Å². The van der Waals surface area contributed by atoms with E-state index in [9.17, 15) is 5.11 Å². The van der Waals surface area contributed by atoms with Crippen LogP contribution in [0.4, 0.5) is 5.69 Å². The van der Waals surface area contributed by atoms with E-state index in [1.807, 2.05) is 0 Å². The molecule has 1 heterocycles. The number of nitrogens with one attached hydrogen (secondary N) is 1. The summed E-state index contributed by atoms with van der Waals surface area (Å²) in [6, 6.07) is 8.59. The van der Waals surface area contributed by atoms with E-state index in [1.165, 1.54) is 24.1 Å². The normalized spacial score (nSPS) is 21.9. The van der Waals surface area contributed by atoms with Crippen LogP contribution in [0.5, 0.6) is 0 Å². The fourth-order valence-electron chi connectivity index (χ4n) is 3.77. The van der Waals surface area contributed by atoms with Gasteiger partial charge in [0.25, 0.3) is 0 Å². The minimum atomic E-state index is -0.510. The van der Waals surface area contributed by atoms with Gasteiger partial charge in [-0.3, -0.25) is 0 Å². The number of para-hydroxylation sites is 1. The van der Waals surface area contributed by atoms with Crippen molar-refractivity contribution in [3.63, 3.8) is 0 Å². The van der Waals surface area contributed by atoms with E-state index >= 15 is 0 Å². The summed E-state index contributed by atoms with van der Waals surface area (Å²) < 4.78 is 5.46. The molecule has 2 fully saturated rings. The van der Waals surface area contributed by atoms with Crippen LogP contribution in [0, 0.1) is 0 Å². The van der Waals surface area contributed by atoms with Crippen molar-refractivity contribution in [2.45, 2.75) is 50.7 Å². The Morgan fingerprint density at radius 3 is 2.48 bits per heavy atom. The van der Waals surface area contributed by atoms with Crippen LogP contribution in [-0.2, 0) is 11.3 Å². The summed E-state index contributed by atoms with van der Waals surface area (Å²) >= 11 is 0. The molecule has 3 rings (SSSR count). The number of morpholine rings is 1. The van der Waals surface area contributed by atoms with E-state index in [2.05, 4.69) is 34.5 Å². The first-order valence-corrected chi connectivity index (χ1v) is 9.11. The van der Waals surface area contributed by atoms with Crippen LogP contribution in [-0.4, -0.2) is 43.6 Å². The first-order valence-electron chi connectivity index (χ1n) is 9.11. The highest BCUT2D eigenvalue weighted by molar-refractivity contribution is 5.53. The molecule has 23 heavy (non-hydrogen) atoms. The summed E-state index contributed by atoms with van der Waals surface area (Å²) in [6.45, 7) is 5.05. The van der Waals surface area contributed by atoms with Crippen molar-refractivity contribution in [2.75, 3.05) is 37.7 Å². The second kappa shape index (κ2) is 8.13. The maximum Gasteiger partial charge on any atom is 0.0771 e. The fraction of sp³-hybridized carbons (Fsp3) is 0.684. The lowest BCUT2D eigenvalue weighted by Crippen LogP contribution is -2.40. The SMILES string of the molecule is OC1(CNCc2ccccc2N2CCOCC2)CCCCCC1. The third-order valence-corrected chi connectivity index (χ3v) is 5.15. The molecule has 0 aromatic heterocycles. The third kappa shape index (κ3) is 4.69. The molecular weight excluding hydrogens is 288 g/mol. The Hall–Kier alpha value is -1.10. The molecule has 1 aromatic carbocycles. The van der Waals surface area contributed by atoms with Crippen molar-refractivity contribution in [3.8, 4) is 0 Å². The van der Waals surface area contributed by atoms with Gasteiger partial charge in [0.2, 0.25) is 0 Å². The van der Waals surface area contributed by atoms with Crippen LogP contribution in [0.3, 0.4) is 0 Å². The monoisotopic (exact) mass is 318 g/mol. The highest BCUT2D eigenvalue weighted by Gasteiger charge is 2.27. The second-order valence-corrected chi connectivity index (χ2v) is 6.97. The predicted molar refractivity (Wildman–Crippen MR) is 93.8 cm³/mol. The van der Waals surface area contributed by atoms with E-state index in [-0.39, 0.29) is 0 Å². The van der Waals surface area contributed by atoms with Crippen LogP contribution < -0.4 is 10.2 Å². The summed E-state index contributed by atoms with van der Waals surface area (Å²) in [6.07, 6.45) is 6.71. The van der Waals surface area contributed by atoms with E-state index in [4.69, 9.17) is 4.74 Å². The van der Waals surface area contributed by atoms with Gasteiger partial charge in [-0.25, -0.2) is 0 Å². The number of rotatable bonds is 5. The zero-order chi connectivity index (χ0) is 16.0. The quantitative estimate of drug-likeness (QED) is 0.820. The lowest BCUT2D eigenvalue weighted by molar-refractivity contribution is 0.0250. The zero-order valence-electron chi connectivity index (χ0n) is 14.1. The summed E-state index contributed by atoms with van der Waals surface area (Å²) in [5.41, 5.74) is 2.10. The summed E-state index contributed by atoms with van der Waals surface area (Å²) in [4.78, 5) is 2.40. The summed E-state index contributed by atoms with van der Waals surface area (Å²) in [5.74, 6) is 0. The maximum absolute atomic E-state index is 10.8. The van der Waals surface area contributed by atoms with Crippen LogP contribution >= 0.6 is 0 Å². The largest absolute Gasteiger partial charge is 0.389 e. The molecule has 2 aliphatic rings. The molecule has 1 aliphatic carbocycles. The third-order valence-electron chi connectivity index (χ3n) is 5.15. The van der Waals surface area contributed by atoms with Crippen molar-refractivity contribution >= 4 is 5.69 Å². The minimum Gasteiger partial charge on any atom is -0.389 e. The van der Waals surface area contributed by atoms with Gasteiger partial charge in [0.15, 0.2) is 0 Å². The molecule has 2 N–H and O–H groups in total. The van der Waals surface area contributed by atoms with Crippen molar-refractivity contribution < 1.29 is 9.84 Å². The first-order chi connectivity index (χ1) is 11.3. The molecule has 1 aromatic rings. The van der Waals surface area contributed by atoms with Gasteiger partial charge >= 0.3 is 0 Å². The van der Waals surface area contributed by atoms with E-state index in [0.29, 0.717) is 6.54 Å². The first kappa shape index (κ1) is 16.7. The molecule has 4 heteroatoms. The van der Waals surface area contributed by atoms with Gasteiger partial charge in [-0.2, -0.15) is 0 Å². The molecule has 1 aliphatic heterocycles. The Balaban J connectivity index is 1.57. The Labute approximate surface area is 139 Å². The Kier molecular flexibility index (Phi) is 5.92. The van der Waals surface area contributed by atoms with E-state index in [0.717, 1.165) is 58.5 Å². The zero-order valence-corrected chi connectivity index (χ0v) is 14.1. The number of ether oxygens (including phenoxy) is 1. The van der Waals surface area contributed by atoms with Gasteiger partial charge in [-0.15, -0.1) is 0 Å². The Morgan fingerprint density at radius 2 is 1.74 bits per heavy atom. The highest BCUT2D eigenvalue weighted by Crippen LogP contribution is 2.27. The molecule has 128 valence electrons. The number of nitrogens with zero attached hydrogens (tertiary/aromatic N) is 1. The summed E-state index contributed by atoms with van der Waals surface area (Å²) in [5, 5.41) is 14.3. The van der Waals surface area contributed by atoms with Crippen molar-refractivity contribution in [1.29, 1.82) is 0 Å². The lowest BCUT2D eigenvalue weighted by Gasteiger charge is -2.31. The maximum atomic E-state index is 10.8. The molecular formula is C19H30N2O2. The molecule has 0 spiro atoms. The van der Waals surface area contributed by atoms with Gasteiger partial charge in [0.1, 0.15) is 0 Å². The number of hydrogen-bond acceptors (Lipinski definition) is 4. The molecule has 0 unspecified atom stereocenters. The van der Waals surface area contributed by atoms with Gasteiger partial charge < -0.3 is 20.1 Å². The molecule has 0 atom stereocenters. The molecule has 1 saturated carbocycles. The van der Waals surface area contributed by atoms with Crippen LogP contribution in [0.2, 0.25) is 0 Å². The van der Waals surface area contributed by atoms with Gasteiger partial charge in [0.05, 0.1) is 18.8 Å². The smallest absolute Gasteiger partial charge is 0.0771 e. The van der Waals surface area contributed by atoms with Crippen LogP contribution in [0.25, 0.3) is 0 Å². The highest BCUT2D eigenvalue weighted by atomic mass is 16.5. The number of hydrogen-bond donors (Lipinski definition) is 2. The molecule has 1 saturated heterocycles. The van der Waals surface area contributed by atoms with Crippen molar-refractivity contribution in [2.24, 2.45) is 0 Å².